The molecular weight excluding hydrogens is 236 g/mol. The van der Waals surface area contributed by atoms with Gasteiger partial charge in [0, 0.05) is 18.8 Å². The SMILES string of the molecule is CCCCC(CC)Nc1ccc(CC(=O)NC)cc1. The van der Waals surface area contributed by atoms with Crippen LogP contribution in [0.3, 0.4) is 0 Å². The first kappa shape index (κ1) is 15.5. The predicted octanol–water partition coefficient (Wildman–Crippen LogP) is 3.36. The number of carbonyl (C=O) groups excluding carboxylic acids is 1. The van der Waals surface area contributed by atoms with Crippen LogP contribution in [0.25, 0.3) is 0 Å². The number of hydrogen-bond acceptors (Lipinski definition) is 2. The molecule has 3 nitrogen and oxygen atoms in total. The maximum Gasteiger partial charge on any atom is 0.224 e. The third-order valence-electron chi connectivity index (χ3n) is 3.37. The van der Waals surface area contributed by atoms with Crippen molar-refractivity contribution < 1.29 is 4.79 Å². The number of rotatable bonds is 8. The van der Waals surface area contributed by atoms with E-state index in [1.54, 1.807) is 7.05 Å². The first-order valence-corrected chi connectivity index (χ1v) is 7.25. The Balaban J connectivity index is 2.53. The number of likely N-dealkylation sites (N-methyl/N-ethyl adjacent to an activating group) is 1. The monoisotopic (exact) mass is 262 g/mol. The topological polar surface area (TPSA) is 41.1 Å². The number of hydrogen-bond donors (Lipinski definition) is 2. The van der Waals surface area contributed by atoms with Gasteiger partial charge in [0.1, 0.15) is 0 Å². The number of amides is 1. The van der Waals surface area contributed by atoms with Crippen molar-refractivity contribution in [1.82, 2.24) is 5.32 Å². The van der Waals surface area contributed by atoms with E-state index in [2.05, 4.69) is 36.6 Å². The summed E-state index contributed by atoms with van der Waals surface area (Å²) in [5.74, 6) is 0.0510. The summed E-state index contributed by atoms with van der Waals surface area (Å²) in [6, 6.07) is 8.71. The molecule has 0 spiro atoms. The summed E-state index contributed by atoms with van der Waals surface area (Å²) in [5.41, 5.74) is 2.19. The molecule has 106 valence electrons. The fourth-order valence-electron chi connectivity index (χ4n) is 2.06. The lowest BCUT2D eigenvalue weighted by molar-refractivity contribution is -0.119. The summed E-state index contributed by atoms with van der Waals surface area (Å²) in [6.45, 7) is 4.44. The minimum absolute atomic E-state index is 0.0510. The lowest BCUT2D eigenvalue weighted by Gasteiger charge is -2.18. The summed E-state index contributed by atoms with van der Waals surface area (Å²) in [4.78, 5) is 11.3. The predicted molar refractivity (Wildman–Crippen MR) is 81.4 cm³/mol. The first-order valence-electron chi connectivity index (χ1n) is 7.25. The van der Waals surface area contributed by atoms with Crippen molar-refractivity contribution in [3.8, 4) is 0 Å². The Morgan fingerprint density at radius 2 is 1.89 bits per heavy atom. The summed E-state index contributed by atoms with van der Waals surface area (Å²) < 4.78 is 0. The lowest BCUT2D eigenvalue weighted by atomic mass is 10.1. The van der Waals surface area contributed by atoms with E-state index >= 15 is 0 Å². The highest BCUT2D eigenvalue weighted by Gasteiger charge is 2.06. The van der Waals surface area contributed by atoms with Crippen LogP contribution in [0.2, 0.25) is 0 Å². The van der Waals surface area contributed by atoms with Gasteiger partial charge in [0.15, 0.2) is 0 Å². The molecule has 0 aliphatic carbocycles. The number of benzene rings is 1. The zero-order valence-electron chi connectivity index (χ0n) is 12.3. The lowest BCUT2D eigenvalue weighted by Crippen LogP contribution is -2.20. The Labute approximate surface area is 116 Å². The average Bonchev–Trinajstić information content (AvgIpc) is 2.45. The molecular formula is C16H26N2O. The van der Waals surface area contributed by atoms with Gasteiger partial charge in [0.05, 0.1) is 6.42 Å². The van der Waals surface area contributed by atoms with Crippen molar-refractivity contribution in [2.45, 2.75) is 52.0 Å². The van der Waals surface area contributed by atoms with E-state index in [-0.39, 0.29) is 5.91 Å². The summed E-state index contributed by atoms with van der Waals surface area (Å²) in [5, 5.41) is 6.20. The zero-order valence-corrected chi connectivity index (χ0v) is 12.3. The van der Waals surface area contributed by atoms with E-state index in [1.165, 1.54) is 19.3 Å². The zero-order chi connectivity index (χ0) is 14.1. The smallest absolute Gasteiger partial charge is 0.224 e. The van der Waals surface area contributed by atoms with Gasteiger partial charge in [-0.1, -0.05) is 38.8 Å². The van der Waals surface area contributed by atoms with Gasteiger partial charge < -0.3 is 10.6 Å². The van der Waals surface area contributed by atoms with Gasteiger partial charge in [-0.25, -0.2) is 0 Å². The molecule has 1 rings (SSSR count). The minimum atomic E-state index is 0.0510. The van der Waals surface area contributed by atoms with Crippen molar-refractivity contribution >= 4 is 11.6 Å². The third-order valence-corrected chi connectivity index (χ3v) is 3.37. The van der Waals surface area contributed by atoms with Crippen LogP contribution in [-0.2, 0) is 11.2 Å². The molecule has 3 heteroatoms. The fourth-order valence-corrected chi connectivity index (χ4v) is 2.06. The number of nitrogens with one attached hydrogen (secondary N) is 2. The fraction of sp³-hybridized carbons (Fsp3) is 0.562. The molecule has 0 radical (unpaired) electrons. The van der Waals surface area contributed by atoms with Crippen LogP contribution in [0, 0.1) is 0 Å². The Morgan fingerprint density at radius 3 is 2.42 bits per heavy atom. The highest BCUT2D eigenvalue weighted by Crippen LogP contribution is 2.15. The molecule has 0 fully saturated rings. The number of carbonyl (C=O) groups is 1. The standard InChI is InChI=1S/C16H26N2O/c1-4-6-7-14(5-2)18-15-10-8-13(9-11-15)12-16(19)17-3/h8-11,14,18H,4-7,12H2,1-3H3,(H,17,19). The quantitative estimate of drug-likeness (QED) is 0.754. The van der Waals surface area contributed by atoms with E-state index < -0.39 is 0 Å². The molecule has 1 amide bonds. The maximum absolute atomic E-state index is 11.3. The van der Waals surface area contributed by atoms with Gasteiger partial charge in [-0.3, -0.25) is 4.79 Å². The van der Waals surface area contributed by atoms with Crippen molar-refractivity contribution in [3.05, 3.63) is 29.8 Å². The van der Waals surface area contributed by atoms with E-state index in [0.29, 0.717) is 12.5 Å². The van der Waals surface area contributed by atoms with E-state index in [9.17, 15) is 4.79 Å². The van der Waals surface area contributed by atoms with E-state index in [0.717, 1.165) is 17.7 Å². The Kier molecular flexibility index (Phi) is 7.01. The van der Waals surface area contributed by atoms with Crippen LogP contribution in [0.5, 0.6) is 0 Å². The second-order valence-corrected chi connectivity index (χ2v) is 4.94. The Hall–Kier alpha value is -1.51. The van der Waals surface area contributed by atoms with Crippen molar-refractivity contribution in [2.24, 2.45) is 0 Å². The highest BCUT2D eigenvalue weighted by atomic mass is 16.1. The van der Waals surface area contributed by atoms with Gasteiger partial charge >= 0.3 is 0 Å². The summed E-state index contributed by atoms with van der Waals surface area (Å²) in [7, 11) is 1.66. The van der Waals surface area contributed by atoms with Crippen LogP contribution < -0.4 is 10.6 Å². The highest BCUT2D eigenvalue weighted by molar-refractivity contribution is 5.78. The molecule has 0 heterocycles. The van der Waals surface area contributed by atoms with Crippen LogP contribution >= 0.6 is 0 Å². The van der Waals surface area contributed by atoms with Gasteiger partial charge in [-0.05, 0) is 30.5 Å². The molecule has 1 aromatic carbocycles. The summed E-state index contributed by atoms with van der Waals surface area (Å²) >= 11 is 0. The van der Waals surface area contributed by atoms with Gasteiger partial charge in [0.2, 0.25) is 5.91 Å². The van der Waals surface area contributed by atoms with Gasteiger partial charge in [-0.2, -0.15) is 0 Å². The maximum atomic E-state index is 11.3. The van der Waals surface area contributed by atoms with Crippen LogP contribution in [0.15, 0.2) is 24.3 Å². The Morgan fingerprint density at radius 1 is 1.21 bits per heavy atom. The molecule has 1 atom stereocenters. The summed E-state index contributed by atoms with van der Waals surface area (Å²) in [6.07, 6.45) is 5.31. The van der Waals surface area contributed by atoms with Crippen molar-refractivity contribution in [2.75, 3.05) is 12.4 Å². The van der Waals surface area contributed by atoms with Crippen molar-refractivity contribution in [1.29, 1.82) is 0 Å². The molecule has 0 bridgehead atoms. The molecule has 0 aliphatic rings. The van der Waals surface area contributed by atoms with E-state index in [1.807, 2.05) is 12.1 Å². The molecule has 1 aromatic rings. The van der Waals surface area contributed by atoms with Gasteiger partial charge in [0.25, 0.3) is 0 Å². The van der Waals surface area contributed by atoms with Crippen LogP contribution in [-0.4, -0.2) is 19.0 Å². The number of unbranched alkanes of at least 4 members (excludes halogenated alkanes) is 1. The molecule has 1 unspecified atom stereocenters. The molecule has 2 N–H and O–H groups in total. The second-order valence-electron chi connectivity index (χ2n) is 4.94. The Bertz CT molecular complexity index is 373. The molecule has 0 aliphatic heterocycles. The van der Waals surface area contributed by atoms with Crippen molar-refractivity contribution in [3.63, 3.8) is 0 Å². The normalized spacial score (nSPS) is 11.9. The molecule has 0 saturated carbocycles. The number of anilines is 1. The van der Waals surface area contributed by atoms with E-state index in [4.69, 9.17) is 0 Å². The molecule has 0 saturated heterocycles. The first-order chi connectivity index (χ1) is 9.19. The molecule has 0 aromatic heterocycles. The largest absolute Gasteiger partial charge is 0.382 e. The average molecular weight is 262 g/mol. The third kappa shape index (κ3) is 5.77. The minimum Gasteiger partial charge on any atom is -0.382 e. The van der Waals surface area contributed by atoms with Crippen LogP contribution in [0.1, 0.15) is 45.1 Å². The van der Waals surface area contributed by atoms with Gasteiger partial charge in [-0.15, -0.1) is 0 Å². The molecule has 19 heavy (non-hydrogen) atoms. The second kappa shape index (κ2) is 8.57. The van der Waals surface area contributed by atoms with Crippen LogP contribution in [0.4, 0.5) is 5.69 Å².